The minimum absolute atomic E-state index is 0.170. The third-order valence-electron chi connectivity index (χ3n) is 5.15. The monoisotopic (exact) mass is 411 g/mol. The van der Waals surface area contributed by atoms with Crippen molar-refractivity contribution in [2.24, 2.45) is 5.92 Å². The summed E-state index contributed by atoms with van der Waals surface area (Å²) < 4.78 is 6.97. The van der Waals surface area contributed by atoms with Gasteiger partial charge in [0.1, 0.15) is 11.3 Å². The first-order valence-corrected chi connectivity index (χ1v) is 9.88. The van der Waals surface area contributed by atoms with E-state index in [1.807, 2.05) is 0 Å². The lowest BCUT2D eigenvalue weighted by Gasteiger charge is -2.12. The van der Waals surface area contributed by atoms with Crippen molar-refractivity contribution >= 4 is 28.7 Å². The molecule has 0 saturated carbocycles. The number of methoxy groups -OCH3 is 1. The van der Waals surface area contributed by atoms with Gasteiger partial charge in [0.15, 0.2) is 5.65 Å². The lowest BCUT2D eigenvalue weighted by Crippen LogP contribution is -2.19. The molecule has 0 spiro atoms. The van der Waals surface area contributed by atoms with Crippen molar-refractivity contribution in [1.29, 1.82) is 0 Å². The van der Waals surface area contributed by atoms with Crippen LogP contribution in [-0.4, -0.2) is 52.2 Å². The SMILES string of the molecule is COc1ccc(NC(C)=O)cc1Cn1c(=O)[nH]c2cnc(NC[C@@H]3CCNC3)nc21. The van der Waals surface area contributed by atoms with Crippen LogP contribution in [0.4, 0.5) is 11.6 Å². The Hall–Kier alpha value is -3.40. The number of carbonyl (C=O) groups excluding carboxylic acids is 1. The second kappa shape index (κ2) is 8.54. The Morgan fingerprint density at radius 2 is 2.27 bits per heavy atom. The van der Waals surface area contributed by atoms with Crippen LogP contribution in [0.5, 0.6) is 5.75 Å². The van der Waals surface area contributed by atoms with Crippen LogP contribution in [0.25, 0.3) is 11.2 Å². The Bertz CT molecular complexity index is 1120. The van der Waals surface area contributed by atoms with Crippen molar-refractivity contribution in [3.8, 4) is 5.75 Å². The zero-order chi connectivity index (χ0) is 21.1. The van der Waals surface area contributed by atoms with E-state index >= 15 is 0 Å². The average molecular weight is 411 g/mol. The fourth-order valence-electron chi connectivity index (χ4n) is 3.66. The summed E-state index contributed by atoms with van der Waals surface area (Å²) in [4.78, 5) is 35.6. The molecule has 30 heavy (non-hydrogen) atoms. The first-order chi connectivity index (χ1) is 14.5. The van der Waals surface area contributed by atoms with E-state index < -0.39 is 0 Å². The summed E-state index contributed by atoms with van der Waals surface area (Å²) in [6.45, 7) is 4.47. The Labute approximate surface area is 173 Å². The molecule has 1 fully saturated rings. The number of carbonyl (C=O) groups is 1. The molecule has 0 bridgehead atoms. The molecule has 1 aromatic carbocycles. The fraction of sp³-hybridized carbons (Fsp3) is 0.400. The number of amides is 1. The van der Waals surface area contributed by atoms with Crippen molar-refractivity contribution in [3.05, 3.63) is 40.4 Å². The van der Waals surface area contributed by atoms with Crippen molar-refractivity contribution in [2.75, 3.05) is 37.4 Å². The van der Waals surface area contributed by atoms with E-state index in [0.29, 0.717) is 34.5 Å². The van der Waals surface area contributed by atoms with E-state index in [1.165, 1.54) is 11.5 Å². The zero-order valence-corrected chi connectivity index (χ0v) is 17.0. The number of H-pyrrole nitrogens is 1. The van der Waals surface area contributed by atoms with Gasteiger partial charge in [0.2, 0.25) is 11.9 Å². The van der Waals surface area contributed by atoms with Gasteiger partial charge in [-0.15, -0.1) is 0 Å². The summed E-state index contributed by atoms with van der Waals surface area (Å²) in [6.07, 6.45) is 2.73. The number of nitrogens with zero attached hydrogens (tertiary/aromatic N) is 3. The molecule has 2 aromatic heterocycles. The summed E-state index contributed by atoms with van der Waals surface area (Å²) in [5.74, 6) is 1.47. The van der Waals surface area contributed by atoms with Gasteiger partial charge in [-0.1, -0.05) is 0 Å². The highest BCUT2D eigenvalue weighted by atomic mass is 16.5. The second-order valence-corrected chi connectivity index (χ2v) is 7.39. The number of ether oxygens (including phenoxy) is 1. The van der Waals surface area contributed by atoms with Gasteiger partial charge >= 0.3 is 5.69 Å². The van der Waals surface area contributed by atoms with E-state index in [-0.39, 0.29) is 18.1 Å². The summed E-state index contributed by atoms with van der Waals surface area (Å²) in [7, 11) is 1.57. The number of anilines is 2. The standard InChI is InChI=1S/C20H25N7O3/c1-12(28)24-15-3-4-17(30-2)14(7-15)11-27-18-16(25-20(27)29)10-23-19(26-18)22-9-13-5-6-21-8-13/h3-4,7,10,13,21H,5-6,8-9,11H2,1-2H3,(H,24,28)(H,25,29)(H,22,23,26)/t13-/m1/s1. The molecule has 4 rings (SSSR count). The molecule has 10 nitrogen and oxygen atoms in total. The molecule has 4 N–H and O–H groups in total. The quantitative estimate of drug-likeness (QED) is 0.460. The molecular formula is C20H25N7O3. The molecule has 10 heteroatoms. The van der Waals surface area contributed by atoms with Crippen LogP contribution < -0.4 is 26.4 Å². The smallest absolute Gasteiger partial charge is 0.328 e. The minimum atomic E-state index is -0.288. The predicted octanol–water partition coefficient (Wildman–Crippen LogP) is 1.16. The lowest BCUT2D eigenvalue weighted by atomic mass is 10.1. The molecule has 158 valence electrons. The van der Waals surface area contributed by atoms with Gasteiger partial charge < -0.3 is 25.7 Å². The predicted molar refractivity (Wildman–Crippen MR) is 114 cm³/mol. The Morgan fingerprint density at radius 3 is 3.00 bits per heavy atom. The molecule has 1 amide bonds. The molecule has 0 unspecified atom stereocenters. The number of imidazole rings is 1. The molecule has 1 atom stereocenters. The highest BCUT2D eigenvalue weighted by Gasteiger charge is 2.16. The normalized spacial score (nSPS) is 16.0. The maximum Gasteiger partial charge on any atom is 0.328 e. The van der Waals surface area contributed by atoms with E-state index in [4.69, 9.17) is 4.74 Å². The van der Waals surface area contributed by atoms with Crippen molar-refractivity contribution in [2.45, 2.75) is 19.9 Å². The van der Waals surface area contributed by atoms with Gasteiger partial charge in [0, 0.05) is 24.7 Å². The highest BCUT2D eigenvalue weighted by molar-refractivity contribution is 5.88. The number of nitrogens with one attached hydrogen (secondary N) is 4. The molecule has 0 radical (unpaired) electrons. The Morgan fingerprint density at radius 1 is 1.40 bits per heavy atom. The number of rotatable bonds is 7. The van der Waals surface area contributed by atoms with Crippen molar-refractivity contribution < 1.29 is 9.53 Å². The molecule has 1 aliphatic rings. The Balaban J connectivity index is 1.63. The van der Waals surface area contributed by atoms with Crippen LogP contribution >= 0.6 is 0 Å². The first-order valence-electron chi connectivity index (χ1n) is 9.88. The van der Waals surface area contributed by atoms with Gasteiger partial charge in [0.05, 0.1) is 19.9 Å². The largest absolute Gasteiger partial charge is 0.496 e. The molecule has 1 aliphatic heterocycles. The summed E-state index contributed by atoms with van der Waals surface area (Å²) in [6, 6.07) is 5.31. The molecule has 0 aliphatic carbocycles. The summed E-state index contributed by atoms with van der Waals surface area (Å²) >= 11 is 0. The maximum atomic E-state index is 12.6. The topological polar surface area (TPSA) is 126 Å². The van der Waals surface area contributed by atoms with Crippen LogP contribution in [0.2, 0.25) is 0 Å². The van der Waals surface area contributed by atoms with Crippen LogP contribution in [0.3, 0.4) is 0 Å². The lowest BCUT2D eigenvalue weighted by molar-refractivity contribution is -0.114. The third kappa shape index (κ3) is 4.28. The Kier molecular flexibility index (Phi) is 5.66. The maximum absolute atomic E-state index is 12.6. The van der Waals surface area contributed by atoms with Gasteiger partial charge in [0.25, 0.3) is 0 Å². The molecule has 3 aromatic rings. The highest BCUT2D eigenvalue weighted by Crippen LogP contribution is 2.24. The number of benzene rings is 1. The van der Waals surface area contributed by atoms with Gasteiger partial charge in [-0.25, -0.2) is 9.78 Å². The summed E-state index contributed by atoms with van der Waals surface area (Å²) in [5, 5.41) is 9.35. The zero-order valence-electron chi connectivity index (χ0n) is 17.0. The molecule has 1 saturated heterocycles. The van der Waals surface area contributed by atoms with Crippen LogP contribution in [0.1, 0.15) is 18.9 Å². The molecular weight excluding hydrogens is 386 g/mol. The van der Waals surface area contributed by atoms with E-state index in [2.05, 4.69) is 30.9 Å². The number of aromatic nitrogens is 4. The van der Waals surface area contributed by atoms with Crippen LogP contribution in [-0.2, 0) is 11.3 Å². The van der Waals surface area contributed by atoms with Crippen LogP contribution in [0.15, 0.2) is 29.2 Å². The van der Waals surface area contributed by atoms with Crippen molar-refractivity contribution in [1.82, 2.24) is 24.8 Å². The van der Waals surface area contributed by atoms with E-state index in [0.717, 1.165) is 31.6 Å². The fourth-order valence-corrected chi connectivity index (χ4v) is 3.66. The number of aromatic amines is 1. The third-order valence-corrected chi connectivity index (χ3v) is 5.15. The second-order valence-electron chi connectivity index (χ2n) is 7.39. The number of fused-ring (bicyclic) bond motifs is 1. The number of hydrogen-bond donors (Lipinski definition) is 4. The van der Waals surface area contributed by atoms with E-state index in [9.17, 15) is 9.59 Å². The van der Waals surface area contributed by atoms with E-state index in [1.54, 1.807) is 31.5 Å². The summed E-state index contributed by atoms with van der Waals surface area (Å²) in [5.41, 5.74) is 2.16. The molecule has 3 heterocycles. The van der Waals surface area contributed by atoms with Crippen LogP contribution in [0, 0.1) is 5.92 Å². The van der Waals surface area contributed by atoms with Crippen molar-refractivity contribution in [3.63, 3.8) is 0 Å². The number of hydrogen-bond acceptors (Lipinski definition) is 7. The van der Waals surface area contributed by atoms with Gasteiger partial charge in [-0.05, 0) is 43.6 Å². The average Bonchev–Trinajstić information content (AvgIpc) is 3.34. The van der Waals surface area contributed by atoms with Gasteiger partial charge in [-0.3, -0.25) is 9.36 Å². The van der Waals surface area contributed by atoms with Gasteiger partial charge in [-0.2, -0.15) is 4.98 Å². The minimum Gasteiger partial charge on any atom is -0.496 e. The first kappa shape index (κ1) is 19.9.